The first-order valence-electron chi connectivity index (χ1n) is 22.8. The lowest BCUT2D eigenvalue weighted by Crippen LogP contribution is -2.28. The molecular formula is C47H86NO7P. The maximum atomic E-state index is 12.6. The van der Waals surface area contributed by atoms with E-state index in [1.807, 2.05) is 0 Å². The molecule has 0 radical (unpaired) electrons. The fourth-order valence-corrected chi connectivity index (χ4v) is 6.87. The molecule has 0 spiro atoms. The zero-order valence-corrected chi connectivity index (χ0v) is 37.0. The van der Waals surface area contributed by atoms with E-state index >= 15 is 0 Å². The molecule has 0 aliphatic carbocycles. The first-order chi connectivity index (χ1) is 27.4. The van der Waals surface area contributed by atoms with Gasteiger partial charge < -0.3 is 20.1 Å². The van der Waals surface area contributed by atoms with E-state index in [-0.39, 0.29) is 32.3 Å². The van der Waals surface area contributed by atoms with Gasteiger partial charge in [-0.25, -0.2) is 4.57 Å². The van der Waals surface area contributed by atoms with Crippen LogP contribution >= 0.6 is 7.82 Å². The van der Waals surface area contributed by atoms with Gasteiger partial charge in [-0.2, -0.15) is 0 Å². The summed E-state index contributed by atoms with van der Waals surface area (Å²) in [5.74, 6) is -0.349. The molecule has 2 atom stereocenters. The number of allylic oxidation sites excluding steroid dienone is 10. The molecule has 0 saturated heterocycles. The van der Waals surface area contributed by atoms with Gasteiger partial charge in [0.1, 0.15) is 6.10 Å². The fraction of sp³-hybridized carbons (Fsp3) is 0.766. The molecule has 0 aromatic carbocycles. The Morgan fingerprint density at radius 2 is 1.00 bits per heavy atom. The number of rotatable bonds is 43. The first kappa shape index (κ1) is 54.2. The van der Waals surface area contributed by atoms with Crippen molar-refractivity contribution >= 4 is 13.8 Å². The Hall–Kier alpha value is -1.80. The Morgan fingerprint density at radius 3 is 1.50 bits per heavy atom. The molecule has 0 fully saturated rings. The normalized spacial score (nSPS) is 14.0. The van der Waals surface area contributed by atoms with Crippen molar-refractivity contribution in [3.05, 3.63) is 60.8 Å². The first-order valence-corrected chi connectivity index (χ1v) is 24.3. The van der Waals surface area contributed by atoms with E-state index in [4.69, 9.17) is 24.3 Å². The Bertz CT molecular complexity index is 1040. The molecule has 9 heteroatoms. The van der Waals surface area contributed by atoms with Gasteiger partial charge in [0.05, 0.1) is 19.8 Å². The molecule has 0 aliphatic heterocycles. The zero-order valence-electron chi connectivity index (χ0n) is 36.1. The van der Waals surface area contributed by atoms with Gasteiger partial charge >= 0.3 is 13.8 Å². The standard InChI is InChI=1S/C47H86NO7P/c1-3-5-7-9-11-13-15-17-19-20-21-22-23-24-25-27-29-31-33-35-37-39-42-52-44-46(45-54-56(50,51)53-43-41-48)55-47(49)40-38-36-34-32-30-28-26-18-16-14-12-10-8-6-4-2/h6,8,12,14-15,17-18,20-21,26,46H,3-5,7,9-11,13,16,19,22-25,27-45,48H2,1-2H3,(H,50,51)/b8-6-,14-12-,17-15-,21-20-,26-18-. The number of ether oxygens (including phenoxy) is 2. The second-order valence-electron chi connectivity index (χ2n) is 14.9. The third kappa shape index (κ3) is 43.3. The average Bonchev–Trinajstić information content (AvgIpc) is 3.19. The lowest BCUT2D eigenvalue weighted by Gasteiger charge is -2.20. The summed E-state index contributed by atoms with van der Waals surface area (Å²) in [4.78, 5) is 22.5. The van der Waals surface area contributed by atoms with Crippen molar-refractivity contribution in [2.45, 2.75) is 200 Å². The Kier molecular flexibility index (Phi) is 42.9. The lowest BCUT2D eigenvalue weighted by atomic mass is 10.1. The Morgan fingerprint density at radius 1 is 0.554 bits per heavy atom. The van der Waals surface area contributed by atoms with Crippen LogP contribution in [0.1, 0.15) is 194 Å². The zero-order chi connectivity index (χ0) is 40.9. The topological polar surface area (TPSA) is 117 Å². The molecule has 2 unspecified atom stereocenters. The minimum atomic E-state index is -4.29. The van der Waals surface area contributed by atoms with Gasteiger partial charge in [-0.1, -0.05) is 171 Å². The molecule has 0 aromatic heterocycles. The SMILES string of the molecule is CC/C=C\C/C=C\C/C=C\CCCCCCCC(=O)OC(COCCCCCCCCCCCC/C=C\C/C=C\CCCCCCC)COP(=O)(O)OCCN. The van der Waals surface area contributed by atoms with Crippen LogP contribution in [0.15, 0.2) is 60.8 Å². The average molecular weight is 808 g/mol. The van der Waals surface area contributed by atoms with Crippen LogP contribution in [0.25, 0.3) is 0 Å². The summed E-state index contributed by atoms with van der Waals surface area (Å²) in [5, 5.41) is 0. The van der Waals surface area contributed by atoms with E-state index in [0.29, 0.717) is 13.0 Å². The van der Waals surface area contributed by atoms with Crippen molar-refractivity contribution in [2.24, 2.45) is 5.73 Å². The van der Waals surface area contributed by atoms with E-state index in [2.05, 4.69) is 74.6 Å². The van der Waals surface area contributed by atoms with E-state index in [0.717, 1.165) is 77.0 Å². The number of nitrogens with two attached hydrogens (primary N) is 1. The van der Waals surface area contributed by atoms with Crippen LogP contribution in [0.4, 0.5) is 0 Å². The predicted octanol–water partition coefficient (Wildman–Crippen LogP) is 13.8. The van der Waals surface area contributed by atoms with Gasteiger partial charge in [0.15, 0.2) is 0 Å². The van der Waals surface area contributed by atoms with Crippen molar-refractivity contribution in [1.82, 2.24) is 0 Å². The molecule has 0 bridgehead atoms. The molecule has 3 N–H and O–H groups in total. The van der Waals surface area contributed by atoms with Crippen molar-refractivity contribution in [3.63, 3.8) is 0 Å². The largest absolute Gasteiger partial charge is 0.472 e. The maximum absolute atomic E-state index is 12.6. The monoisotopic (exact) mass is 808 g/mol. The molecular weight excluding hydrogens is 721 g/mol. The van der Waals surface area contributed by atoms with E-state index in [1.165, 1.54) is 96.3 Å². The smallest absolute Gasteiger partial charge is 0.457 e. The number of carbonyl (C=O) groups excluding carboxylic acids is 1. The summed E-state index contributed by atoms with van der Waals surface area (Å²) >= 11 is 0. The minimum absolute atomic E-state index is 0.0944. The van der Waals surface area contributed by atoms with E-state index in [1.54, 1.807) is 0 Å². The number of phosphoric ester groups is 1. The summed E-state index contributed by atoms with van der Waals surface area (Å²) in [7, 11) is -4.29. The van der Waals surface area contributed by atoms with Crippen molar-refractivity contribution in [2.75, 3.05) is 33.0 Å². The van der Waals surface area contributed by atoms with Crippen LogP contribution in [-0.4, -0.2) is 49.9 Å². The molecule has 56 heavy (non-hydrogen) atoms. The number of unbranched alkanes of at least 4 members (excludes halogenated alkanes) is 20. The molecule has 8 nitrogen and oxygen atoms in total. The lowest BCUT2D eigenvalue weighted by molar-refractivity contribution is -0.154. The summed E-state index contributed by atoms with van der Waals surface area (Å²) in [6.07, 6.45) is 53.9. The Balaban J connectivity index is 4.01. The molecule has 0 amide bonds. The van der Waals surface area contributed by atoms with E-state index < -0.39 is 13.9 Å². The van der Waals surface area contributed by atoms with Crippen LogP contribution in [0.2, 0.25) is 0 Å². The van der Waals surface area contributed by atoms with Gasteiger partial charge in [-0.05, 0) is 77.0 Å². The maximum Gasteiger partial charge on any atom is 0.472 e. The van der Waals surface area contributed by atoms with Crippen LogP contribution in [0.3, 0.4) is 0 Å². The quantitative estimate of drug-likeness (QED) is 0.0271. The van der Waals surface area contributed by atoms with E-state index in [9.17, 15) is 14.3 Å². The third-order valence-corrected chi connectivity index (χ3v) is 10.4. The number of esters is 1. The number of hydrogen-bond acceptors (Lipinski definition) is 7. The van der Waals surface area contributed by atoms with Gasteiger partial charge in [-0.3, -0.25) is 13.8 Å². The molecule has 0 rings (SSSR count). The third-order valence-electron chi connectivity index (χ3n) is 9.42. The van der Waals surface area contributed by atoms with Crippen LogP contribution in [0, 0.1) is 0 Å². The molecule has 0 aromatic rings. The molecule has 326 valence electrons. The highest BCUT2D eigenvalue weighted by molar-refractivity contribution is 7.47. The van der Waals surface area contributed by atoms with Crippen LogP contribution in [0.5, 0.6) is 0 Å². The molecule has 0 aliphatic rings. The van der Waals surface area contributed by atoms with Gasteiger partial charge in [0.25, 0.3) is 0 Å². The summed E-state index contributed by atoms with van der Waals surface area (Å²) in [5.41, 5.74) is 5.37. The van der Waals surface area contributed by atoms with Crippen molar-refractivity contribution < 1.29 is 32.8 Å². The molecule has 0 saturated carbocycles. The minimum Gasteiger partial charge on any atom is -0.457 e. The number of carbonyl (C=O) groups is 1. The van der Waals surface area contributed by atoms with Crippen molar-refractivity contribution in [3.8, 4) is 0 Å². The summed E-state index contributed by atoms with van der Waals surface area (Å²) in [6, 6.07) is 0. The van der Waals surface area contributed by atoms with Gasteiger partial charge in [0, 0.05) is 19.6 Å². The highest BCUT2D eigenvalue weighted by atomic mass is 31.2. The van der Waals surface area contributed by atoms with Crippen LogP contribution < -0.4 is 5.73 Å². The van der Waals surface area contributed by atoms with Crippen molar-refractivity contribution in [1.29, 1.82) is 0 Å². The second kappa shape index (κ2) is 44.3. The number of hydrogen-bond donors (Lipinski definition) is 2. The Labute approximate surface area is 344 Å². The number of phosphoric acid groups is 1. The summed E-state index contributed by atoms with van der Waals surface area (Å²) in [6.45, 7) is 4.77. The summed E-state index contributed by atoms with van der Waals surface area (Å²) < 4.78 is 33.5. The molecule has 0 heterocycles. The second-order valence-corrected chi connectivity index (χ2v) is 16.3. The van der Waals surface area contributed by atoms with Crippen LogP contribution in [-0.2, 0) is 27.9 Å². The fourth-order valence-electron chi connectivity index (χ4n) is 6.10. The highest BCUT2D eigenvalue weighted by Crippen LogP contribution is 2.43. The predicted molar refractivity (Wildman–Crippen MR) is 238 cm³/mol. The van der Waals surface area contributed by atoms with Gasteiger partial charge in [0.2, 0.25) is 0 Å². The van der Waals surface area contributed by atoms with Gasteiger partial charge in [-0.15, -0.1) is 0 Å². The highest BCUT2D eigenvalue weighted by Gasteiger charge is 2.25.